The Morgan fingerprint density at radius 3 is 2.67 bits per heavy atom. The summed E-state index contributed by atoms with van der Waals surface area (Å²) < 4.78 is 64.4. The molecule has 2 aromatic heterocycles. The number of furan rings is 1. The largest absolute Gasteiger partial charge is 0.456 e. The number of nitrogens with zero attached hydrogens (tertiary/aromatic N) is 2. The summed E-state index contributed by atoms with van der Waals surface area (Å²) in [6.45, 7) is 11.8. The molecule has 2 aromatic carbocycles. The third-order valence-electron chi connectivity index (χ3n) is 5.05. The van der Waals surface area contributed by atoms with Gasteiger partial charge in [0, 0.05) is 29.3 Å². The molecule has 0 saturated carbocycles. The van der Waals surface area contributed by atoms with E-state index in [2.05, 4.69) is 4.85 Å². The van der Waals surface area contributed by atoms with Crippen LogP contribution in [0.1, 0.15) is 44.3 Å². The number of aryl methyl sites for hydroxylation is 3. The van der Waals surface area contributed by atoms with Crippen molar-refractivity contribution in [2.45, 2.75) is 40.9 Å². The lowest BCUT2D eigenvalue weighted by Crippen LogP contribution is -2.32. The van der Waals surface area contributed by atoms with E-state index in [1.807, 2.05) is 0 Å². The fourth-order valence-electron chi connectivity index (χ4n) is 3.82. The molecule has 0 aliphatic carbocycles. The molecular formula is C26H26FN2O+. The summed E-state index contributed by atoms with van der Waals surface area (Å²) in [5.41, 5.74) is 1.82. The highest BCUT2D eigenvalue weighted by atomic mass is 19.1. The summed E-state index contributed by atoms with van der Waals surface area (Å²) in [7, 11) is 1.65. The SMILES string of the molecule is [2H]C([2H])([2H])c1cc(C)c(-c2cc(C([2H])([2H])C(C)(C)C)c(F)c[n+]2C)c2oc3cc([N+]#[C-])ccc3c12. The number of pyridine rings is 1. The molecule has 4 aromatic rings. The Morgan fingerprint density at radius 2 is 2.00 bits per heavy atom. The Kier molecular flexibility index (Phi) is 3.41. The van der Waals surface area contributed by atoms with E-state index in [1.165, 1.54) is 12.3 Å². The molecule has 152 valence electrons. The van der Waals surface area contributed by atoms with Crippen LogP contribution in [0.2, 0.25) is 0 Å². The molecule has 0 radical (unpaired) electrons. The maximum Gasteiger partial charge on any atom is 0.216 e. The first-order chi connectivity index (χ1) is 16.1. The molecule has 30 heavy (non-hydrogen) atoms. The summed E-state index contributed by atoms with van der Waals surface area (Å²) in [5, 5.41) is 0.969. The number of rotatable bonds is 2. The predicted molar refractivity (Wildman–Crippen MR) is 119 cm³/mol. The fraction of sp³-hybridized carbons (Fsp3) is 0.308. The van der Waals surface area contributed by atoms with Crippen LogP contribution in [-0.4, -0.2) is 0 Å². The van der Waals surface area contributed by atoms with Crippen molar-refractivity contribution in [3.05, 3.63) is 70.5 Å². The van der Waals surface area contributed by atoms with Crippen LogP contribution in [0, 0.1) is 31.6 Å². The second-order valence-electron chi connectivity index (χ2n) is 8.62. The molecule has 3 nitrogen and oxygen atoms in total. The average Bonchev–Trinajstić information content (AvgIpc) is 3.10. The molecule has 0 fully saturated rings. The molecule has 0 aliphatic heterocycles. The minimum atomic E-state index is -2.42. The van der Waals surface area contributed by atoms with Gasteiger partial charge in [-0.15, -0.1) is 0 Å². The summed E-state index contributed by atoms with van der Waals surface area (Å²) in [5.74, 6) is -0.671. The van der Waals surface area contributed by atoms with Gasteiger partial charge in [-0.25, -0.2) is 9.24 Å². The quantitative estimate of drug-likeness (QED) is 0.260. The van der Waals surface area contributed by atoms with Crippen molar-refractivity contribution < 1.29 is 20.2 Å². The standard InChI is InChI=1S/C26H26FN2O/c1-15-10-16(2)24(21-11-17(13-26(3,4)5)20(27)14-29(21)7)25-23(15)19-9-8-18(28-6)12-22(19)30-25/h8-12,14H,13H2,1-5,7H3/q+1/i1D3,13D2. The smallest absolute Gasteiger partial charge is 0.216 e. The number of benzene rings is 2. The van der Waals surface area contributed by atoms with Crippen LogP contribution < -0.4 is 4.57 Å². The number of fused-ring (bicyclic) bond motifs is 3. The predicted octanol–water partition coefficient (Wildman–Crippen LogP) is 6.97. The normalized spacial score (nSPS) is 15.3. The molecule has 4 heteroatoms. The molecule has 0 amide bonds. The minimum absolute atomic E-state index is 0.0862. The van der Waals surface area contributed by atoms with E-state index in [4.69, 9.17) is 17.8 Å². The summed E-state index contributed by atoms with van der Waals surface area (Å²) in [6, 6.07) is 7.93. The van der Waals surface area contributed by atoms with Gasteiger partial charge in [-0.3, -0.25) is 0 Å². The van der Waals surface area contributed by atoms with Gasteiger partial charge in [0.25, 0.3) is 0 Å². The third-order valence-corrected chi connectivity index (χ3v) is 5.05. The topological polar surface area (TPSA) is 21.4 Å². The first-order valence-corrected chi connectivity index (χ1v) is 9.65. The highest BCUT2D eigenvalue weighted by molar-refractivity contribution is 6.12. The summed E-state index contributed by atoms with van der Waals surface area (Å²) in [4.78, 5) is 3.44. The monoisotopic (exact) mass is 406 g/mol. The van der Waals surface area contributed by atoms with Gasteiger partial charge in [0.05, 0.1) is 12.1 Å². The van der Waals surface area contributed by atoms with E-state index < -0.39 is 24.5 Å². The first kappa shape index (κ1) is 14.7. The molecule has 0 N–H and O–H groups in total. The highest BCUT2D eigenvalue weighted by Crippen LogP contribution is 2.40. The molecule has 0 atom stereocenters. The fourth-order valence-corrected chi connectivity index (χ4v) is 3.82. The molecule has 2 heterocycles. The number of hydrogen-bond donors (Lipinski definition) is 0. The van der Waals surface area contributed by atoms with Crippen molar-refractivity contribution in [1.29, 1.82) is 0 Å². The van der Waals surface area contributed by atoms with Crippen molar-refractivity contribution in [2.75, 3.05) is 0 Å². The zero-order valence-electron chi connectivity index (χ0n) is 22.6. The lowest BCUT2D eigenvalue weighted by atomic mass is 9.87. The lowest BCUT2D eigenvalue weighted by molar-refractivity contribution is -0.662. The van der Waals surface area contributed by atoms with E-state index in [-0.39, 0.29) is 11.1 Å². The third kappa shape index (κ3) is 3.35. The van der Waals surface area contributed by atoms with Crippen molar-refractivity contribution >= 4 is 27.6 Å². The van der Waals surface area contributed by atoms with Crippen LogP contribution in [0.15, 0.2) is 40.9 Å². The zero-order valence-corrected chi connectivity index (χ0v) is 17.6. The zero-order chi connectivity index (χ0) is 26.1. The molecule has 0 saturated heterocycles. The summed E-state index contributed by atoms with van der Waals surface area (Å²) >= 11 is 0. The molecule has 0 spiro atoms. The summed E-state index contributed by atoms with van der Waals surface area (Å²) in [6.07, 6.45) is -0.749. The molecule has 4 rings (SSSR count). The maximum absolute atomic E-state index is 15.1. The van der Waals surface area contributed by atoms with Gasteiger partial charge in [0.15, 0.2) is 11.5 Å². The highest BCUT2D eigenvalue weighted by Gasteiger charge is 2.25. The van der Waals surface area contributed by atoms with Crippen LogP contribution in [0.4, 0.5) is 10.1 Å². The first-order valence-electron chi connectivity index (χ1n) is 12.2. The maximum atomic E-state index is 15.1. The van der Waals surface area contributed by atoms with E-state index in [9.17, 15) is 0 Å². The number of aromatic nitrogens is 1. The molecule has 0 unspecified atom stereocenters. The van der Waals surface area contributed by atoms with Gasteiger partial charge < -0.3 is 4.42 Å². The second-order valence-corrected chi connectivity index (χ2v) is 8.62. The minimum Gasteiger partial charge on any atom is -0.456 e. The average molecular weight is 407 g/mol. The van der Waals surface area contributed by atoms with Crippen molar-refractivity contribution in [3.8, 4) is 11.3 Å². The van der Waals surface area contributed by atoms with Crippen LogP contribution in [0.5, 0.6) is 0 Å². The number of hydrogen-bond acceptors (Lipinski definition) is 1. The molecule has 0 bridgehead atoms. The Labute approximate surface area is 183 Å². The van der Waals surface area contributed by atoms with Crippen LogP contribution >= 0.6 is 0 Å². The van der Waals surface area contributed by atoms with E-state index in [1.54, 1.807) is 63.6 Å². The van der Waals surface area contributed by atoms with Crippen molar-refractivity contribution in [1.82, 2.24) is 0 Å². The molecule has 0 aliphatic rings. The Balaban J connectivity index is 2.16. The lowest BCUT2D eigenvalue weighted by Gasteiger charge is -2.18. The Bertz CT molecular complexity index is 1540. The van der Waals surface area contributed by atoms with Crippen LogP contribution in [-0.2, 0) is 13.4 Å². The van der Waals surface area contributed by atoms with E-state index in [0.717, 1.165) is 0 Å². The van der Waals surface area contributed by atoms with Gasteiger partial charge in [-0.1, -0.05) is 39.0 Å². The van der Waals surface area contributed by atoms with Gasteiger partial charge in [0.2, 0.25) is 11.9 Å². The van der Waals surface area contributed by atoms with E-state index in [0.29, 0.717) is 44.4 Å². The van der Waals surface area contributed by atoms with Crippen LogP contribution in [0.25, 0.3) is 38.0 Å². The van der Waals surface area contributed by atoms with Crippen LogP contribution in [0.3, 0.4) is 0 Å². The molecular weight excluding hydrogens is 375 g/mol. The number of halogens is 1. The van der Waals surface area contributed by atoms with Crippen molar-refractivity contribution in [3.63, 3.8) is 0 Å². The van der Waals surface area contributed by atoms with Crippen molar-refractivity contribution in [2.24, 2.45) is 12.5 Å². The van der Waals surface area contributed by atoms with Gasteiger partial charge in [-0.2, -0.15) is 4.57 Å². The van der Waals surface area contributed by atoms with Gasteiger partial charge >= 0.3 is 0 Å². The second kappa shape index (κ2) is 6.95. The Hall–Kier alpha value is -3.19. The Morgan fingerprint density at radius 1 is 1.23 bits per heavy atom. The van der Waals surface area contributed by atoms with Gasteiger partial charge in [0.1, 0.15) is 18.2 Å². The van der Waals surface area contributed by atoms with E-state index >= 15 is 4.39 Å². The van der Waals surface area contributed by atoms with Gasteiger partial charge in [-0.05, 0) is 42.8 Å².